The predicted molar refractivity (Wildman–Crippen MR) is 102 cm³/mol. The number of primary amides is 1. The summed E-state index contributed by atoms with van der Waals surface area (Å²) in [6.07, 6.45) is 1.66. The molecule has 1 fully saturated rings. The second-order valence-electron chi connectivity index (χ2n) is 6.90. The van der Waals surface area contributed by atoms with Crippen LogP contribution in [-0.2, 0) is 24.0 Å². The standard InChI is InChI=1S/C18H31N5O5/c1-4-14(24)13-6-5-9-23(13)18(28)11(2)21-17(27)12(7-8-15(19)25)22-16(26)10-20-3/h11-13,20H,4-10H2,1-3H3,(H2,19,25)(H,21,27)(H,22,26)/t11-,12-,13-/m0/s1. The highest BCUT2D eigenvalue weighted by Gasteiger charge is 2.36. The fourth-order valence-electron chi connectivity index (χ4n) is 3.19. The molecule has 5 N–H and O–H groups in total. The highest BCUT2D eigenvalue weighted by atomic mass is 16.2. The van der Waals surface area contributed by atoms with Crippen molar-refractivity contribution in [2.24, 2.45) is 5.73 Å². The molecule has 1 aliphatic heterocycles. The lowest BCUT2D eigenvalue weighted by atomic mass is 10.1. The molecular formula is C18H31N5O5. The molecule has 1 rings (SSSR count). The van der Waals surface area contributed by atoms with Gasteiger partial charge in [0.25, 0.3) is 0 Å². The predicted octanol–water partition coefficient (Wildman–Crippen LogP) is -1.57. The first kappa shape index (κ1) is 23.5. The van der Waals surface area contributed by atoms with Crippen molar-refractivity contribution in [3.05, 3.63) is 0 Å². The molecule has 10 nitrogen and oxygen atoms in total. The van der Waals surface area contributed by atoms with E-state index in [4.69, 9.17) is 5.73 Å². The van der Waals surface area contributed by atoms with E-state index in [-0.39, 0.29) is 31.1 Å². The van der Waals surface area contributed by atoms with E-state index in [1.807, 2.05) is 0 Å². The van der Waals surface area contributed by atoms with Gasteiger partial charge in [0.05, 0.1) is 12.6 Å². The number of nitrogens with one attached hydrogen (secondary N) is 3. The smallest absolute Gasteiger partial charge is 0.245 e. The van der Waals surface area contributed by atoms with Gasteiger partial charge in [-0.05, 0) is 33.2 Å². The third kappa shape index (κ3) is 6.91. The summed E-state index contributed by atoms with van der Waals surface area (Å²) in [5, 5.41) is 7.76. The molecule has 3 atom stereocenters. The van der Waals surface area contributed by atoms with Crippen LogP contribution in [0.4, 0.5) is 0 Å². The molecule has 158 valence electrons. The Hall–Kier alpha value is -2.49. The SMILES string of the molecule is CCC(=O)[C@@H]1CCCN1C(=O)[C@H](C)NC(=O)[C@H](CCC(N)=O)NC(=O)CNC. The van der Waals surface area contributed by atoms with Crippen molar-refractivity contribution in [1.29, 1.82) is 0 Å². The number of carbonyl (C=O) groups is 5. The van der Waals surface area contributed by atoms with Crippen molar-refractivity contribution in [1.82, 2.24) is 20.9 Å². The van der Waals surface area contributed by atoms with E-state index in [1.54, 1.807) is 14.0 Å². The number of amides is 4. The molecule has 0 aromatic rings. The van der Waals surface area contributed by atoms with Gasteiger partial charge in [0.2, 0.25) is 23.6 Å². The zero-order valence-electron chi connectivity index (χ0n) is 16.7. The Balaban J connectivity index is 2.75. The summed E-state index contributed by atoms with van der Waals surface area (Å²) in [5.41, 5.74) is 5.13. The summed E-state index contributed by atoms with van der Waals surface area (Å²) in [6.45, 7) is 3.77. The largest absolute Gasteiger partial charge is 0.370 e. The Bertz CT molecular complexity index is 609. The van der Waals surface area contributed by atoms with Crippen LogP contribution < -0.4 is 21.7 Å². The summed E-state index contributed by atoms with van der Waals surface area (Å²) >= 11 is 0. The Labute approximate surface area is 164 Å². The van der Waals surface area contributed by atoms with Crippen molar-refractivity contribution >= 4 is 29.4 Å². The minimum absolute atomic E-state index is 0.00282. The quantitative estimate of drug-likeness (QED) is 0.331. The molecule has 0 radical (unpaired) electrons. The molecule has 0 aliphatic carbocycles. The fraction of sp³-hybridized carbons (Fsp3) is 0.722. The van der Waals surface area contributed by atoms with E-state index in [9.17, 15) is 24.0 Å². The minimum Gasteiger partial charge on any atom is -0.370 e. The number of hydrogen-bond acceptors (Lipinski definition) is 6. The monoisotopic (exact) mass is 397 g/mol. The topological polar surface area (TPSA) is 151 Å². The van der Waals surface area contributed by atoms with Gasteiger partial charge in [-0.25, -0.2) is 0 Å². The molecular weight excluding hydrogens is 366 g/mol. The summed E-state index contributed by atoms with van der Waals surface area (Å²) in [5.74, 6) is -1.93. The van der Waals surface area contributed by atoms with Gasteiger partial charge in [-0.15, -0.1) is 0 Å². The van der Waals surface area contributed by atoms with Gasteiger partial charge in [0.15, 0.2) is 5.78 Å². The number of hydrogen-bond donors (Lipinski definition) is 4. The Morgan fingerprint density at radius 3 is 2.43 bits per heavy atom. The summed E-state index contributed by atoms with van der Waals surface area (Å²) in [4.78, 5) is 61.7. The van der Waals surface area contributed by atoms with Crippen molar-refractivity contribution in [2.45, 2.75) is 64.1 Å². The van der Waals surface area contributed by atoms with Gasteiger partial charge in [-0.3, -0.25) is 24.0 Å². The van der Waals surface area contributed by atoms with Crippen LogP contribution in [0, 0.1) is 0 Å². The summed E-state index contributed by atoms with van der Waals surface area (Å²) in [6, 6.07) is -2.30. The molecule has 10 heteroatoms. The maximum atomic E-state index is 12.7. The van der Waals surface area contributed by atoms with E-state index >= 15 is 0 Å². The Kier molecular flexibility index (Phi) is 9.57. The number of ketones is 1. The van der Waals surface area contributed by atoms with Crippen LogP contribution in [0.1, 0.15) is 46.0 Å². The molecule has 0 aromatic heterocycles. The lowest BCUT2D eigenvalue weighted by Crippen LogP contribution is -2.55. The maximum absolute atomic E-state index is 12.7. The van der Waals surface area contributed by atoms with Crippen LogP contribution in [0.2, 0.25) is 0 Å². The maximum Gasteiger partial charge on any atom is 0.245 e. The van der Waals surface area contributed by atoms with Gasteiger partial charge in [-0.1, -0.05) is 6.92 Å². The molecule has 1 aliphatic rings. The molecule has 28 heavy (non-hydrogen) atoms. The third-order valence-electron chi connectivity index (χ3n) is 4.65. The first-order valence-electron chi connectivity index (χ1n) is 9.57. The van der Waals surface area contributed by atoms with Crippen LogP contribution in [0.15, 0.2) is 0 Å². The zero-order valence-corrected chi connectivity index (χ0v) is 16.7. The number of nitrogens with two attached hydrogens (primary N) is 1. The number of Topliss-reactive ketones (excluding diaryl/α,β-unsaturated/α-hetero) is 1. The van der Waals surface area contributed by atoms with E-state index in [1.165, 1.54) is 11.8 Å². The van der Waals surface area contributed by atoms with E-state index in [0.717, 1.165) is 6.42 Å². The highest BCUT2D eigenvalue weighted by Crippen LogP contribution is 2.20. The fourth-order valence-corrected chi connectivity index (χ4v) is 3.19. The first-order chi connectivity index (χ1) is 13.2. The Morgan fingerprint density at radius 1 is 1.18 bits per heavy atom. The van der Waals surface area contributed by atoms with Gasteiger partial charge in [0, 0.05) is 19.4 Å². The number of nitrogens with zero attached hydrogens (tertiary/aromatic N) is 1. The van der Waals surface area contributed by atoms with Crippen molar-refractivity contribution in [3.8, 4) is 0 Å². The number of likely N-dealkylation sites (tertiary alicyclic amines) is 1. The molecule has 0 aromatic carbocycles. The molecule has 4 amide bonds. The van der Waals surface area contributed by atoms with Crippen LogP contribution in [-0.4, -0.2) is 72.6 Å². The Morgan fingerprint density at radius 2 is 1.86 bits per heavy atom. The molecule has 1 heterocycles. The van der Waals surface area contributed by atoms with Gasteiger partial charge < -0.3 is 26.6 Å². The highest BCUT2D eigenvalue weighted by molar-refractivity contribution is 5.95. The number of likely N-dealkylation sites (N-methyl/N-ethyl adjacent to an activating group) is 1. The minimum atomic E-state index is -0.991. The second kappa shape index (κ2) is 11.4. The van der Waals surface area contributed by atoms with Crippen molar-refractivity contribution in [2.75, 3.05) is 20.1 Å². The van der Waals surface area contributed by atoms with E-state index < -0.39 is 35.8 Å². The zero-order chi connectivity index (χ0) is 21.3. The lowest BCUT2D eigenvalue weighted by molar-refractivity contribution is -0.140. The van der Waals surface area contributed by atoms with Gasteiger partial charge >= 0.3 is 0 Å². The molecule has 0 saturated carbocycles. The number of rotatable bonds is 11. The van der Waals surface area contributed by atoms with Crippen LogP contribution in [0.5, 0.6) is 0 Å². The van der Waals surface area contributed by atoms with Gasteiger partial charge in [0.1, 0.15) is 12.1 Å². The second-order valence-corrected chi connectivity index (χ2v) is 6.90. The lowest BCUT2D eigenvalue weighted by Gasteiger charge is -2.28. The summed E-state index contributed by atoms with van der Waals surface area (Å²) < 4.78 is 0. The number of carbonyl (C=O) groups excluding carboxylic acids is 5. The molecule has 0 unspecified atom stereocenters. The van der Waals surface area contributed by atoms with Crippen LogP contribution in [0.3, 0.4) is 0 Å². The van der Waals surface area contributed by atoms with Crippen molar-refractivity contribution < 1.29 is 24.0 Å². The summed E-state index contributed by atoms with van der Waals surface area (Å²) in [7, 11) is 1.59. The average Bonchev–Trinajstić information content (AvgIpc) is 3.13. The van der Waals surface area contributed by atoms with Crippen LogP contribution in [0.25, 0.3) is 0 Å². The van der Waals surface area contributed by atoms with E-state index in [2.05, 4.69) is 16.0 Å². The van der Waals surface area contributed by atoms with E-state index in [0.29, 0.717) is 19.4 Å². The van der Waals surface area contributed by atoms with Crippen LogP contribution >= 0.6 is 0 Å². The van der Waals surface area contributed by atoms with Crippen molar-refractivity contribution in [3.63, 3.8) is 0 Å². The normalized spacial score (nSPS) is 18.2. The first-order valence-corrected chi connectivity index (χ1v) is 9.57. The third-order valence-corrected chi connectivity index (χ3v) is 4.65. The van der Waals surface area contributed by atoms with Gasteiger partial charge in [-0.2, -0.15) is 0 Å². The molecule has 0 spiro atoms. The molecule has 0 bridgehead atoms. The average molecular weight is 397 g/mol. The molecule has 1 saturated heterocycles.